The Morgan fingerprint density at radius 3 is 1.87 bits per heavy atom. The van der Waals surface area contributed by atoms with Crippen molar-refractivity contribution in [1.82, 2.24) is 5.32 Å². The van der Waals surface area contributed by atoms with Crippen LogP contribution in [-0.4, -0.2) is 23.0 Å². The molecule has 0 bridgehead atoms. The van der Waals surface area contributed by atoms with Crippen LogP contribution in [0.25, 0.3) is 21.5 Å². The van der Waals surface area contributed by atoms with Crippen molar-refractivity contribution in [2.45, 2.75) is 12.5 Å². The van der Waals surface area contributed by atoms with E-state index < -0.39 is 40.9 Å². The third-order valence-corrected chi connectivity index (χ3v) is 5.13. The molecule has 0 aliphatic carbocycles. The lowest BCUT2D eigenvalue weighted by Crippen LogP contribution is -2.43. The highest BCUT2D eigenvalue weighted by Crippen LogP contribution is 2.29. The van der Waals surface area contributed by atoms with Gasteiger partial charge in [0, 0.05) is 18.6 Å². The number of rotatable bonds is 5. The summed E-state index contributed by atoms with van der Waals surface area (Å²) in [7, 11) is 0. The molecule has 0 saturated heterocycles. The summed E-state index contributed by atoms with van der Waals surface area (Å²) in [5.41, 5.74) is -0.350. The zero-order valence-electron chi connectivity index (χ0n) is 16.0. The maximum absolute atomic E-state index is 14.0. The molecule has 4 aromatic rings. The van der Waals surface area contributed by atoms with Gasteiger partial charge in [0.25, 0.3) is 5.91 Å². The first-order chi connectivity index (χ1) is 14.8. The summed E-state index contributed by atoms with van der Waals surface area (Å²) in [5, 5.41) is 15.3. The van der Waals surface area contributed by atoms with Crippen molar-refractivity contribution in [1.29, 1.82) is 0 Å². The van der Waals surface area contributed by atoms with Crippen molar-refractivity contribution in [3.05, 3.63) is 95.3 Å². The van der Waals surface area contributed by atoms with E-state index in [2.05, 4.69) is 5.32 Å². The smallest absolute Gasteiger partial charge is 0.326 e. The number of amides is 1. The average molecular weight is 423 g/mol. The summed E-state index contributed by atoms with van der Waals surface area (Å²) in [4.78, 5) is 24.4. The molecule has 31 heavy (non-hydrogen) atoms. The quantitative estimate of drug-likeness (QED) is 0.452. The Balaban J connectivity index is 1.75. The second-order valence-corrected chi connectivity index (χ2v) is 7.11. The van der Waals surface area contributed by atoms with Gasteiger partial charge in [0.15, 0.2) is 0 Å². The molecule has 156 valence electrons. The van der Waals surface area contributed by atoms with Crippen molar-refractivity contribution in [3.63, 3.8) is 0 Å². The number of carboxylic acids is 1. The molecule has 0 unspecified atom stereocenters. The minimum absolute atomic E-state index is 0.118. The third kappa shape index (κ3) is 3.94. The molecule has 0 saturated carbocycles. The molecular weight excluding hydrogens is 407 g/mol. The lowest BCUT2D eigenvalue weighted by Gasteiger charge is -2.18. The fraction of sp³-hybridized carbons (Fsp3) is 0.0833. The maximum atomic E-state index is 14.0. The molecule has 0 aliphatic heterocycles. The molecule has 1 amide bonds. The SMILES string of the molecule is O=C(N[C@@H](Cc1c2ccccc2cc2ccccc12)C(=O)O)c1c(F)cc(F)cc1F. The number of hydrogen-bond donors (Lipinski definition) is 2. The zero-order valence-corrected chi connectivity index (χ0v) is 16.0. The van der Waals surface area contributed by atoms with E-state index in [0.717, 1.165) is 21.5 Å². The molecule has 0 radical (unpaired) electrons. The molecule has 0 aliphatic rings. The fourth-order valence-electron chi connectivity index (χ4n) is 3.72. The Kier molecular flexibility index (Phi) is 5.33. The van der Waals surface area contributed by atoms with Crippen molar-refractivity contribution < 1.29 is 27.9 Å². The molecular formula is C24H16F3NO3. The number of fused-ring (bicyclic) bond motifs is 2. The van der Waals surface area contributed by atoms with Crippen LogP contribution in [0.15, 0.2) is 66.7 Å². The number of halogens is 3. The average Bonchev–Trinajstić information content (AvgIpc) is 2.72. The minimum atomic E-state index is -1.47. The van der Waals surface area contributed by atoms with Gasteiger partial charge in [-0.05, 0) is 33.2 Å². The van der Waals surface area contributed by atoms with Crippen LogP contribution in [-0.2, 0) is 11.2 Å². The molecule has 0 aromatic heterocycles. The van der Waals surface area contributed by atoms with Crippen LogP contribution in [0, 0.1) is 17.5 Å². The van der Waals surface area contributed by atoms with E-state index in [1.54, 1.807) is 0 Å². The highest BCUT2D eigenvalue weighted by atomic mass is 19.1. The Morgan fingerprint density at radius 1 is 0.839 bits per heavy atom. The molecule has 0 fully saturated rings. The number of nitrogens with one attached hydrogen (secondary N) is 1. The van der Waals surface area contributed by atoms with E-state index in [4.69, 9.17) is 0 Å². The van der Waals surface area contributed by atoms with Crippen LogP contribution in [0.5, 0.6) is 0 Å². The maximum Gasteiger partial charge on any atom is 0.326 e. The molecule has 4 rings (SSSR count). The minimum Gasteiger partial charge on any atom is -0.480 e. The summed E-state index contributed by atoms with van der Waals surface area (Å²) >= 11 is 0. The van der Waals surface area contributed by atoms with Gasteiger partial charge in [0.2, 0.25) is 0 Å². The molecule has 0 heterocycles. The summed E-state index contributed by atoms with van der Waals surface area (Å²) in [5.74, 6) is -6.63. The first kappa shape index (κ1) is 20.4. The van der Waals surface area contributed by atoms with Gasteiger partial charge in [-0.1, -0.05) is 48.5 Å². The van der Waals surface area contributed by atoms with E-state index in [1.165, 1.54) is 0 Å². The van der Waals surface area contributed by atoms with Gasteiger partial charge in [-0.25, -0.2) is 18.0 Å². The van der Waals surface area contributed by atoms with Gasteiger partial charge in [-0.3, -0.25) is 4.79 Å². The first-order valence-corrected chi connectivity index (χ1v) is 9.42. The number of benzene rings is 4. The van der Waals surface area contributed by atoms with Crippen LogP contribution in [0.2, 0.25) is 0 Å². The fourth-order valence-corrected chi connectivity index (χ4v) is 3.72. The van der Waals surface area contributed by atoms with Gasteiger partial charge in [0.05, 0.1) is 0 Å². The van der Waals surface area contributed by atoms with E-state index >= 15 is 0 Å². The molecule has 4 aromatic carbocycles. The topological polar surface area (TPSA) is 66.4 Å². The van der Waals surface area contributed by atoms with E-state index in [-0.39, 0.29) is 6.42 Å². The van der Waals surface area contributed by atoms with E-state index in [1.807, 2.05) is 54.6 Å². The second-order valence-electron chi connectivity index (χ2n) is 7.11. The van der Waals surface area contributed by atoms with Gasteiger partial charge >= 0.3 is 5.97 Å². The molecule has 7 heteroatoms. The van der Waals surface area contributed by atoms with Gasteiger partial charge in [0.1, 0.15) is 29.1 Å². The van der Waals surface area contributed by atoms with Crippen LogP contribution >= 0.6 is 0 Å². The number of carbonyl (C=O) groups is 2. The number of carboxylic acid groups (broad SMARTS) is 1. The zero-order chi connectivity index (χ0) is 22.1. The molecule has 1 atom stereocenters. The largest absolute Gasteiger partial charge is 0.480 e. The summed E-state index contributed by atoms with van der Waals surface area (Å²) < 4.78 is 41.1. The molecule has 2 N–H and O–H groups in total. The summed E-state index contributed by atoms with van der Waals surface area (Å²) in [6.45, 7) is 0. The molecule has 0 spiro atoms. The Labute approximate surface area is 174 Å². The highest BCUT2D eigenvalue weighted by molar-refractivity contribution is 6.03. The monoisotopic (exact) mass is 423 g/mol. The Bertz CT molecular complexity index is 1260. The summed E-state index contributed by atoms with van der Waals surface area (Å²) in [6, 6.07) is 16.1. The third-order valence-electron chi connectivity index (χ3n) is 5.13. The first-order valence-electron chi connectivity index (χ1n) is 9.42. The number of carbonyl (C=O) groups excluding carboxylic acids is 1. The van der Waals surface area contributed by atoms with Crippen LogP contribution in [0.3, 0.4) is 0 Å². The highest BCUT2D eigenvalue weighted by Gasteiger charge is 2.26. The van der Waals surface area contributed by atoms with Gasteiger partial charge < -0.3 is 10.4 Å². The van der Waals surface area contributed by atoms with E-state index in [9.17, 15) is 27.9 Å². The second kappa shape index (κ2) is 8.10. The number of aliphatic carboxylic acids is 1. The Hall–Kier alpha value is -3.87. The van der Waals surface area contributed by atoms with Crippen LogP contribution in [0.4, 0.5) is 13.2 Å². The predicted octanol–water partition coefficient (Wildman–Crippen LogP) is 4.84. The van der Waals surface area contributed by atoms with Crippen molar-refractivity contribution in [2.24, 2.45) is 0 Å². The molecule has 4 nitrogen and oxygen atoms in total. The standard InChI is InChI=1S/C24H16F3NO3/c25-15-10-19(26)22(20(27)11-15)23(29)28-21(24(30)31)12-18-16-7-3-1-5-13(16)9-14-6-2-4-8-17(14)18/h1-11,21H,12H2,(H,28,29)(H,30,31)/t21-/m0/s1. The van der Waals surface area contributed by atoms with Crippen LogP contribution in [0.1, 0.15) is 15.9 Å². The van der Waals surface area contributed by atoms with E-state index in [0.29, 0.717) is 17.7 Å². The summed E-state index contributed by atoms with van der Waals surface area (Å²) in [6.07, 6.45) is -0.118. The lowest BCUT2D eigenvalue weighted by molar-refractivity contribution is -0.139. The Morgan fingerprint density at radius 2 is 1.35 bits per heavy atom. The van der Waals surface area contributed by atoms with Crippen LogP contribution < -0.4 is 5.32 Å². The van der Waals surface area contributed by atoms with Crippen molar-refractivity contribution in [3.8, 4) is 0 Å². The lowest BCUT2D eigenvalue weighted by atomic mass is 9.92. The van der Waals surface area contributed by atoms with Gasteiger partial charge in [-0.15, -0.1) is 0 Å². The number of hydrogen-bond acceptors (Lipinski definition) is 2. The van der Waals surface area contributed by atoms with Crippen molar-refractivity contribution in [2.75, 3.05) is 0 Å². The normalized spacial score (nSPS) is 12.1. The van der Waals surface area contributed by atoms with Gasteiger partial charge in [-0.2, -0.15) is 0 Å². The predicted molar refractivity (Wildman–Crippen MR) is 110 cm³/mol. The van der Waals surface area contributed by atoms with Crippen molar-refractivity contribution >= 4 is 33.4 Å².